The van der Waals surface area contributed by atoms with Gasteiger partial charge in [0.25, 0.3) is 5.69 Å². The van der Waals surface area contributed by atoms with E-state index in [-0.39, 0.29) is 17.6 Å². The first-order valence-electron chi connectivity index (χ1n) is 6.10. The summed E-state index contributed by atoms with van der Waals surface area (Å²) in [5, 5.41) is 10.9. The van der Waals surface area contributed by atoms with Crippen LogP contribution in [0, 0.1) is 10.1 Å². The Balaban J connectivity index is 3.07. The number of anilines is 1. The molecule has 0 N–H and O–H groups in total. The molecule has 0 saturated carbocycles. The van der Waals surface area contributed by atoms with Crippen LogP contribution in [0.2, 0.25) is 0 Å². The van der Waals surface area contributed by atoms with E-state index >= 15 is 0 Å². The molecule has 0 saturated heterocycles. The number of halogens is 1. The molecule has 0 spiro atoms. The number of ether oxygens (including phenoxy) is 1. The van der Waals surface area contributed by atoms with Gasteiger partial charge in [-0.1, -0.05) is 0 Å². The molecule has 0 bridgehead atoms. The van der Waals surface area contributed by atoms with Crippen LogP contribution in [-0.2, 0) is 10.6 Å². The van der Waals surface area contributed by atoms with Gasteiger partial charge in [-0.25, -0.2) is 0 Å². The molecule has 0 amide bonds. The fourth-order valence-electron chi connectivity index (χ4n) is 1.91. The van der Waals surface area contributed by atoms with Crippen LogP contribution in [0.1, 0.15) is 19.4 Å². The highest BCUT2D eigenvalue weighted by atomic mass is 35.5. The Hall–Kier alpha value is -1.33. The summed E-state index contributed by atoms with van der Waals surface area (Å²) in [7, 11) is 1.65. The van der Waals surface area contributed by atoms with Gasteiger partial charge in [0.15, 0.2) is 0 Å². The first-order chi connectivity index (χ1) is 9.01. The number of rotatable bonds is 7. The maximum atomic E-state index is 10.9. The predicted molar refractivity (Wildman–Crippen MR) is 77.0 cm³/mol. The minimum Gasteiger partial charge on any atom is -0.383 e. The van der Waals surface area contributed by atoms with Crippen molar-refractivity contribution in [2.24, 2.45) is 0 Å². The van der Waals surface area contributed by atoms with Gasteiger partial charge in [-0.05, 0) is 26.0 Å². The summed E-state index contributed by atoms with van der Waals surface area (Å²) in [6.07, 6.45) is 0. The van der Waals surface area contributed by atoms with Crippen LogP contribution in [0.5, 0.6) is 0 Å². The zero-order chi connectivity index (χ0) is 14.4. The Morgan fingerprint density at radius 1 is 1.47 bits per heavy atom. The zero-order valence-electron chi connectivity index (χ0n) is 11.4. The van der Waals surface area contributed by atoms with Crippen molar-refractivity contribution in [3.63, 3.8) is 0 Å². The number of alkyl halides is 1. The lowest BCUT2D eigenvalue weighted by atomic mass is 10.1. The van der Waals surface area contributed by atoms with E-state index in [2.05, 4.69) is 18.7 Å². The van der Waals surface area contributed by atoms with Gasteiger partial charge < -0.3 is 9.64 Å². The van der Waals surface area contributed by atoms with Crippen LogP contribution in [-0.4, -0.2) is 31.2 Å². The van der Waals surface area contributed by atoms with Gasteiger partial charge in [-0.3, -0.25) is 10.1 Å². The van der Waals surface area contributed by atoms with Gasteiger partial charge in [0.1, 0.15) is 0 Å². The maximum Gasteiger partial charge on any atom is 0.273 e. The van der Waals surface area contributed by atoms with Crippen molar-refractivity contribution in [2.75, 3.05) is 25.2 Å². The summed E-state index contributed by atoms with van der Waals surface area (Å²) < 4.78 is 5.09. The van der Waals surface area contributed by atoms with Crippen LogP contribution < -0.4 is 4.90 Å². The third-order valence-corrected chi connectivity index (χ3v) is 3.18. The van der Waals surface area contributed by atoms with E-state index in [0.29, 0.717) is 12.2 Å². The normalized spacial score (nSPS) is 10.8. The fraction of sp³-hybridized carbons (Fsp3) is 0.538. The van der Waals surface area contributed by atoms with Crippen molar-refractivity contribution >= 4 is 23.0 Å². The third-order valence-electron chi connectivity index (χ3n) is 2.90. The van der Waals surface area contributed by atoms with Crippen molar-refractivity contribution < 1.29 is 9.66 Å². The Labute approximate surface area is 118 Å². The number of methoxy groups -OCH3 is 1. The molecule has 0 unspecified atom stereocenters. The molecule has 0 fully saturated rings. The summed E-state index contributed by atoms with van der Waals surface area (Å²) in [4.78, 5) is 12.6. The minimum absolute atomic E-state index is 0.0641. The van der Waals surface area contributed by atoms with Crippen molar-refractivity contribution in [1.82, 2.24) is 0 Å². The minimum atomic E-state index is -0.406. The summed E-state index contributed by atoms with van der Waals surface area (Å²) in [6.45, 7) is 5.47. The highest BCUT2D eigenvalue weighted by Crippen LogP contribution is 2.27. The first kappa shape index (κ1) is 15.7. The van der Waals surface area contributed by atoms with Crippen molar-refractivity contribution in [2.45, 2.75) is 25.8 Å². The molecule has 5 nitrogen and oxygen atoms in total. The second kappa shape index (κ2) is 7.31. The van der Waals surface area contributed by atoms with E-state index in [4.69, 9.17) is 16.3 Å². The van der Waals surface area contributed by atoms with E-state index in [9.17, 15) is 10.1 Å². The van der Waals surface area contributed by atoms with Crippen LogP contribution in [0.4, 0.5) is 11.4 Å². The number of nitro groups is 1. The van der Waals surface area contributed by atoms with E-state index in [1.807, 2.05) is 0 Å². The van der Waals surface area contributed by atoms with Crippen molar-refractivity contribution in [3.8, 4) is 0 Å². The van der Waals surface area contributed by atoms with Gasteiger partial charge in [0, 0.05) is 37.0 Å². The van der Waals surface area contributed by atoms with Crippen molar-refractivity contribution in [3.05, 3.63) is 33.9 Å². The second-order valence-corrected chi connectivity index (χ2v) is 4.75. The number of hydrogen-bond acceptors (Lipinski definition) is 4. The maximum absolute atomic E-state index is 10.9. The molecule has 1 aromatic rings. The fourth-order valence-corrected chi connectivity index (χ4v) is 2.12. The molecule has 106 valence electrons. The molecule has 0 aliphatic heterocycles. The van der Waals surface area contributed by atoms with Crippen LogP contribution in [0.25, 0.3) is 0 Å². The van der Waals surface area contributed by atoms with Gasteiger partial charge in [-0.2, -0.15) is 0 Å². The lowest BCUT2D eigenvalue weighted by Gasteiger charge is -2.29. The molecule has 0 radical (unpaired) electrons. The average Bonchev–Trinajstić information content (AvgIpc) is 2.38. The summed E-state index contributed by atoms with van der Waals surface area (Å²) >= 11 is 5.79. The first-order valence-corrected chi connectivity index (χ1v) is 6.63. The van der Waals surface area contributed by atoms with Crippen LogP contribution >= 0.6 is 11.6 Å². The molecule has 0 aliphatic rings. The third kappa shape index (κ3) is 4.08. The highest BCUT2D eigenvalue weighted by Gasteiger charge is 2.17. The predicted octanol–water partition coefficient (Wildman–Crippen LogP) is 3.19. The lowest BCUT2D eigenvalue weighted by Crippen LogP contribution is -2.33. The number of nitrogens with zero attached hydrogens (tertiary/aromatic N) is 2. The van der Waals surface area contributed by atoms with Gasteiger partial charge in [0.2, 0.25) is 0 Å². The SMILES string of the molecule is COCCN(c1ccc([N+](=O)[O-])c(CCl)c1)C(C)C. The largest absolute Gasteiger partial charge is 0.383 e. The summed E-state index contributed by atoms with van der Waals surface area (Å²) in [6, 6.07) is 5.32. The molecule has 6 heteroatoms. The van der Waals surface area contributed by atoms with Gasteiger partial charge in [-0.15, -0.1) is 11.6 Å². The molecule has 0 aromatic heterocycles. The monoisotopic (exact) mass is 286 g/mol. The Morgan fingerprint density at radius 3 is 2.63 bits per heavy atom. The number of nitro benzene ring substituents is 1. The highest BCUT2D eigenvalue weighted by molar-refractivity contribution is 6.17. The number of benzene rings is 1. The molecular formula is C13H19ClN2O3. The van der Waals surface area contributed by atoms with E-state index in [1.165, 1.54) is 6.07 Å². The van der Waals surface area contributed by atoms with E-state index in [0.717, 1.165) is 12.2 Å². The molecule has 0 atom stereocenters. The topological polar surface area (TPSA) is 55.6 Å². The Kier molecular flexibility index (Phi) is 6.05. The standard InChI is InChI=1S/C13H19ClN2O3/c1-10(2)15(6-7-19-3)12-4-5-13(16(17)18)11(8-12)9-14/h4-5,8,10H,6-7,9H2,1-3H3. The van der Waals surface area contributed by atoms with Gasteiger partial charge >= 0.3 is 0 Å². The Bertz CT molecular complexity index is 438. The van der Waals surface area contributed by atoms with Crippen molar-refractivity contribution in [1.29, 1.82) is 0 Å². The summed E-state index contributed by atoms with van der Waals surface area (Å²) in [5.41, 5.74) is 1.52. The van der Waals surface area contributed by atoms with Gasteiger partial charge in [0.05, 0.1) is 17.4 Å². The molecule has 1 aromatic carbocycles. The van der Waals surface area contributed by atoms with Crippen LogP contribution in [0.15, 0.2) is 18.2 Å². The van der Waals surface area contributed by atoms with E-state index < -0.39 is 4.92 Å². The Morgan fingerprint density at radius 2 is 2.16 bits per heavy atom. The molecule has 0 heterocycles. The van der Waals surface area contributed by atoms with Crippen LogP contribution in [0.3, 0.4) is 0 Å². The smallest absolute Gasteiger partial charge is 0.273 e. The quantitative estimate of drug-likeness (QED) is 0.439. The summed E-state index contributed by atoms with van der Waals surface area (Å²) in [5.74, 6) is 0.125. The molecule has 1 rings (SSSR count). The number of hydrogen-bond donors (Lipinski definition) is 0. The average molecular weight is 287 g/mol. The lowest BCUT2D eigenvalue weighted by molar-refractivity contribution is -0.385. The van der Waals surface area contributed by atoms with E-state index in [1.54, 1.807) is 19.2 Å². The second-order valence-electron chi connectivity index (χ2n) is 4.48. The molecular weight excluding hydrogens is 268 g/mol. The molecule has 0 aliphatic carbocycles. The molecule has 19 heavy (non-hydrogen) atoms. The zero-order valence-corrected chi connectivity index (χ0v) is 12.2.